The Kier molecular flexibility index (Phi) is 3.06. The number of rotatable bonds is 3. The quantitative estimate of drug-likeness (QED) is 0.923. The van der Waals surface area contributed by atoms with E-state index in [1.165, 1.54) is 12.8 Å². The van der Waals surface area contributed by atoms with Crippen LogP contribution in [0.2, 0.25) is 0 Å². The van der Waals surface area contributed by atoms with Crippen LogP contribution in [0, 0.1) is 6.92 Å². The molecule has 1 aromatic heterocycles. The monoisotopic (exact) mass is 288 g/mol. The smallest absolute Gasteiger partial charge is 0.243 e. The van der Waals surface area contributed by atoms with Crippen LogP contribution >= 0.6 is 0 Å². The molecule has 1 atom stereocenters. The number of aryl methyl sites for hydroxylation is 1. The Hall–Kier alpha value is -1.36. The molecule has 1 amide bonds. The lowest BCUT2D eigenvalue weighted by molar-refractivity contribution is -0.148. The molecule has 3 heterocycles. The van der Waals surface area contributed by atoms with E-state index in [9.17, 15) is 4.79 Å². The Balaban J connectivity index is 1.59. The molecule has 4 rings (SSSR count). The summed E-state index contributed by atoms with van der Waals surface area (Å²) in [7, 11) is 0. The standard InChI is InChI=1S/C16H24N4O/c1-12-14(18-11-17-12)10-19-8-2-6-16(19)7-3-9-20(15(16)21)13-4-5-13/h11,13H,2-10H2,1H3,(H,17,18). The molecule has 1 spiro atoms. The summed E-state index contributed by atoms with van der Waals surface area (Å²) in [6.45, 7) is 4.86. The summed E-state index contributed by atoms with van der Waals surface area (Å²) in [5.74, 6) is 0.405. The molecule has 5 nitrogen and oxygen atoms in total. The summed E-state index contributed by atoms with van der Waals surface area (Å²) < 4.78 is 0. The topological polar surface area (TPSA) is 52.2 Å². The van der Waals surface area contributed by atoms with Crippen molar-refractivity contribution >= 4 is 5.91 Å². The van der Waals surface area contributed by atoms with Crippen LogP contribution in [0.4, 0.5) is 0 Å². The number of imidazole rings is 1. The largest absolute Gasteiger partial charge is 0.348 e. The van der Waals surface area contributed by atoms with E-state index in [-0.39, 0.29) is 5.54 Å². The fourth-order valence-corrected chi connectivity index (χ4v) is 4.17. The fraction of sp³-hybridized carbons (Fsp3) is 0.750. The van der Waals surface area contributed by atoms with Gasteiger partial charge >= 0.3 is 0 Å². The van der Waals surface area contributed by atoms with E-state index < -0.39 is 0 Å². The molecule has 0 bridgehead atoms. The molecule has 1 aliphatic carbocycles. The van der Waals surface area contributed by atoms with Crippen molar-refractivity contribution in [3.05, 3.63) is 17.7 Å². The first-order valence-electron chi connectivity index (χ1n) is 8.26. The van der Waals surface area contributed by atoms with E-state index in [1.807, 2.05) is 0 Å². The Morgan fingerprint density at radius 3 is 2.76 bits per heavy atom. The van der Waals surface area contributed by atoms with Gasteiger partial charge in [-0.2, -0.15) is 0 Å². The highest BCUT2D eigenvalue weighted by molar-refractivity contribution is 5.88. The average Bonchev–Trinajstić information content (AvgIpc) is 3.13. The van der Waals surface area contributed by atoms with Crippen LogP contribution in [0.25, 0.3) is 0 Å². The number of H-pyrrole nitrogens is 1. The van der Waals surface area contributed by atoms with Crippen LogP contribution in [-0.2, 0) is 11.3 Å². The number of aromatic amines is 1. The number of aromatic nitrogens is 2. The lowest BCUT2D eigenvalue weighted by Gasteiger charge is -2.44. The lowest BCUT2D eigenvalue weighted by Crippen LogP contribution is -2.60. The van der Waals surface area contributed by atoms with Crippen LogP contribution in [0.5, 0.6) is 0 Å². The molecule has 3 aliphatic rings. The Labute approximate surface area is 125 Å². The summed E-state index contributed by atoms with van der Waals surface area (Å²) >= 11 is 0. The van der Waals surface area contributed by atoms with Gasteiger partial charge in [0.2, 0.25) is 5.91 Å². The fourth-order valence-electron chi connectivity index (χ4n) is 4.17. The second-order valence-corrected chi connectivity index (χ2v) is 6.86. The van der Waals surface area contributed by atoms with Gasteiger partial charge in [0.25, 0.3) is 0 Å². The van der Waals surface area contributed by atoms with Crippen LogP contribution < -0.4 is 0 Å². The highest BCUT2D eigenvalue weighted by atomic mass is 16.2. The van der Waals surface area contributed by atoms with Crippen molar-refractivity contribution in [3.8, 4) is 0 Å². The van der Waals surface area contributed by atoms with E-state index in [0.717, 1.165) is 56.7 Å². The van der Waals surface area contributed by atoms with Crippen LogP contribution in [0.3, 0.4) is 0 Å². The number of amides is 1. The molecule has 1 saturated carbocycles. The van der Waals surface area contributed by atoms with Gasteiger partial charge in [-0.05, 0) is 52.0 Å². The molecule has 1 aromatic rings. The second-order valence-electron chi connectivity index (χ2n) is 6.86. The third kappa shape index (κ3) is 2.09. The van der Waals surface area contributed by atoms with Crippen molar-refractivity contribution in [1.29, 1.82) is 0 Å². The van der Waals surface area contributed by atoms with Gasteiger partial charge < -0.3 is 9.88 Å². The van der Waals surface area contributed by atoms with E-state index in [1.54, 1.807) is 6.33 Å². The first kappa shape index (κ1) is 13.3. The highest BCUT2D eigenvalue weighted by Crippen LogP contribution is 2.42. The van der Waals surface area contributed by atoms with Gasteiger partial charge in [-0.1, -0.05) is 0 Å². The second kappa shape index (κ2) is 4.83. The molecular weight excluding hydrogens is 264 g/mol. The molecule has 1 N–H and O–H groups in total. The highest BCUT2D eigenvalue weighted by Gasteiger charge is 2.53. The molecule has 21 heavy (non-hydrogen) atoms. The molecule has 5 heteroatoms. The van der Waals surface area contributed by atoms with Crippen molar-refractivity contribution in [3.63, 3.8) is 0 Å². The lowest BCUT2D eigenvalue weighted by atomic mass is 9.85. The van der Waals surface area contributed by atoms with Gasteiger partial charge in [0.1, 0.15) is 5.54 Å². The van der Waals surface area contributed by atoms with Crippen LogP contribution in [0.1, 0.15) is 49.9 Å². The van der Waals surface area contributed by atoms with E-state index in [0.29, 0.717) is 11.9 Å². The summed E-state index contributed by atoms with van der Waals surface area (Å²) in [5, 5.41) is 0. The minimum atomic E-state index is -0.230. The SMILES string of the molecule is Cc1[nH]cnc1CN1CCCC12CCCN(C1CC1)C2=O. The van der Waals surface area contributed by atoms with E-state index >= 15 is 0 Å². The number of hydrogen-bond acceptors (Lipinski definition) is 3. The predicted molar refractivity (Wildman–Crippen MR) is 79.7 cm³/mol. The maximum Gasteiger partial charge on any atom is 0.243 e. The number of piperidine rings is 1. The minimum Gasteiger partial charge on any atom is -0.348 e. The predicted octanol–water partition coefficient (Wildman–Crippen LogP) is 1.84. The van der Waals surface area contributed by atoms with Gasteiger partial charge in [-0.25, -0.2) is 4.98 Å². The van der Waals surface area contributed by atoms with E-state index in [4.69, 9.17) is 0 Å². The summed E-state index contributed by atoms with van der Waals surface area (Å²) in [6.07, 6.45) is 8.51. The molecule has 2 saturated heterocycles. The number of nitrogens with one attached hydrogen (secondary N) is 1. The van der Waals surface area contributed by atoms with Crippen molar-refractivity contribution in [2.24, 2.45) is 0 Å². The normalized spacial score (nSPS) is 30.5. The Bertz CT molecular complexity index is 550. The Morgan fingerprint density at radius 2 is 2.10 bits per heavy atom. The molecule has 1 unspecified atom stereocenters. The molecule has 0 aromatic carbocycles. The number of carbonyl (C=O) groups is 1. The first-order valence-corrected chi connectivity index (χ1v) is 8.26. The van der Waals surface area contributed by atoms with Crippen molar-refractivity contribution in [2.75, 3.05) is 13.1 Å². The summed E-state index contributed by atoms with van der Waals surface area (Å²) in [5.41, 5.74) is 1.98. The Morgan fingerprint density at radius 1 is 1.33 bits per heavy atom. The minimum absolute atomic E-state index is 0.230. The van der Waals surface area contributed by atoms with Gasteiger partial charge in [-0.15, -0.1) is 0 Å². The maximum absolute atomic E-state index is 13.1. The van der Waals surface area contributed by atoms with Crippen LogP contribution in [0.15, 0.2) is 6.33 Å². The molecule has 114 valence electrons. The zero-order valence-corrected chi connectivity index (χ0v) is 12.8. The number of carbonyl (C=O) groups excluding carboxylic acids is 1. The molecule has 0 radical (unpaired) electrons. The van der Waals surface area contributed by atoms with Gasteiger partial charge in [0.05, 0.1) is 12.0 Å². The van der Waals surface area contributed by atoms with Crippen LogP contribution in [-0.4, -0.2) is 50.3 Å². The zero-order valence-electron chi connectivity index (χ0n) is 12.8. The third-order valence-electron chi connectivity index (χ3n) is 5.53. The van der Waals surface area contributed by atoms with E-state index in [2.05, 4.69) is 26.7 Å². The molecule has 3 fully saturated rings. The van der Waals surface area contributed by atoms with Gasteiger partial charge in [-0.3, -0.25) is 9.69 Å². The van der Waals surface area contributed by atoms with Gasteiger partial charge in [0, 0.05) is 24.8 Å². The maximum atomic E-state index is 13.1. The molecule has 2 aliphatic heterocycles. The molecular formula is C16H24N4O. The van der Waals surface area contributed by atoms with Crippen molar-refractivity contribution < 1.29 is 4.79 Å². The van der Waals surface area contributed by atoms with Crippen molar-refractivity contribution in [2.45, 2.75) is 63.6 Å². The van der Waals surface area contributed by atoms with Crippen molar-refractivity contribution in [1.82, 2.24) is 19.8 Å². The number of hydrogen-bond donors (Lipinski definition) is 1. The third-order valence-corrected chi connectivity index (χ3v) is 5.53. The zero-order chi connectivity index (χ0) is 14.4. The first-order chi connectivity index (χ1) is 10.2. The summed E-state index contributed by atoms with van der Waals surface area (Å²) in [4.78, 5) is 25.3. The summed E-state index contributed by atoms with van der Waals surface area (Å²) in [6, 6.07) is 0.546. The van der Waals surface area contributed by atoms with Gasteiger partial charge in [0.15, 0.2) is 0 Å². The average molecular weight is 288 g/mol. The number of nitrogens with zero attached hydrogens (tertiary/aromatic N) is 3. The number of likely N-dealkylation sites (tertiary alicyclic amines) is 2.